The summed E-state index contributed by atoms with van der Waals surface area (Å²) in [6.07, 6.45) is -2.01. The van der Waals surface area contributed by atoms with Gasteiger partial charge in [0.25, 0.3) is 0 Å². The van der Waals surface area contributed by atoms with Crippen LogP contribution in [0.15, 0.2) is 29.3 Å². The van der Waals surface area contributed by atoms with Crippen molar-refractivity contribution in [2.45, 2.75) is 32.5 Å². The van der Waals surface area contributed by atoms with E-state index in [-0.39, 0.29) is 24.0 Å². The van der Waals surface area contributed by atoms with E-state index in [2.05, 4.69) is 11.9 Å². The van der Waals surface area contributed by atoms with Crippen molar-refractivity contribution in [3.05, 3.63) is 35.4 Å². The molecule has 1 aromatic rings. The lowest BCUT2D eigenvalue weighted by atomic mass is 10.0. The molecule has 124 valence electrons. The van der Waals surface area contributed by atoms with E-state index in [1.54, 1.807) is 0 Å². The largest absolute Gasteiger partial charge is 0.416 e. The third kappa shape index (κ3) is 5.33. The lowest BCUT2D eigenvalue weighted by Crippen LogP contribution is -2.43. The summed E-state index contributed by atoms with van der Waals surface area (Å²) in [5.41, 5.74) is 6.03. The highest BCUT2D eigenvalue weighted by molar-refractivity contribution is 14.0. The smallest absolute Gasteiger partial charge is 0.370 e. The van der Waals surface area contributed by atoms with Crippen LogP contribution in [0.5, 0.6) is 0 Å². The fraction of sp³-hybridized carbons (Fsp3) is 0.533. The van der Waals surface area contributed by atoms with Crippen molar-refractivity contribution in [2.75, 3.05) is 13.1 Å². The Morgan fingerprint density at radius 2 is 1.95 bits per heavy atom. The van der Waals surface area contributed by atoms with E-state index in [4.69, 9.17) is 5.73 Å². The maximum absolute atomic E-state index is 12.5. The Morgan fingerprint density at radius 3 is 2.50 bits per heavy atom. The summed E-state index contributed by atoms with van der Waals surface area (Å²) in [5.74, 6) is 1.07. The number of rotatable bonds is 2. The Morgan fingerprint density at radius 1 is 1.32 bits per heavy atom. The molecule has 1 aromatic carbocycles. The fourth-order valence-corrected chi connectivity index (χ4v) is 2.47. The van der Waals surface area contributed by atoms with Crippen molar-refractivity contribution in [1.82, 2.24) is 4.90 Å². The second-order valence-corrected chi connectivity index (χ2v) is 5.56. The molecule has 1 fully saturated rings. The minimum Gasteiger partial charge on any atom is -0.370 e. The molecule has 1 aliphatic heterocycles. The van der Waals surface area contributed by atoms with Crippen LogP contribution < -0.4 is 5.73 Å². The van der Waals surface area contributed by atoms with Crippen LogP contribution in [0.2, 0.25) is 0 Å². The number of nitrogens with zero attached hydrogens (tertiary/aromatic N) is 2. The van der Waals surface area contributed by atoms with E-state index in [0.717, 1.165) is 37.2 Å². The summed E-state index contributed by atoms with van der Waals surface area (Å²) in [4.78, 5) is 6.32. The standard InChI is InChI=1S/C15H20F3N3.HI/c1-11-3-2-8-21(10-11)14(19)20-9-12-4-6-13(7-5-12)15(16,17)18;/h4-7,11H,2-3,8-10H2,1H3,(H2,19,20);1H. The molecule has 0 aromatic heterocycles. The summed E-state index contributed by atoms with van der Waals surface area (Å²) in [7, 11) is 0. The molecule has 2 N–H and O–H groups in total. The van der Waals surface area contributed by atoms with Crippen molar-refractivity contribution in [3.63, 3.8) is 0 Å². The Bertz CT molecular complexity index is 500. The van der Waals surface area contributed by atoms with Crippen LogP contribution in [-0.2, 0) is 12.7 Å². The van der Waals surface area contributed by atoms with E-state index in [1.165, 1.54) is 18.6 Å². The van der Waals surface area contributed by atoms with Crippen molar-refractivity contribution >= 4 is 29.9 Å². The third-order valence-corrected chi connectivity index (χ3v) is 3.69. The van der Waals surface area contributed by atoms with Gasteiger partial charge in [-0.3, -0.25) is 0 Å². The zero-order valence-electron chi connectivity index (χ0n) is 12.4. The molecule has 0 saturated carbocycles. The first-order valence-corrected chi connectivity index (χ1v) is 7.07. The van der Waals surface area contributed by atoms with E-state index in [0.29, 0.717) is 18.4 Å². The van der Waals surface area contributed by atoms with Crippen LogP contribution in [0.4, 0.5) is 13.2 Å². The minimum absolute atomic E-state index is 0. The summed E-state index contributed by atoms with van der Waals surface area (Å²) >= 11 is 0. The highest BCUT2D eigenvalue weighted by atomic mass is 127. The van der Waals surface area contributed by atoms with Crippen molar-refractivity contribution in [1.29, 1.82) is 0 Å². The number of hydrogen-bond acceptors (Lipinski definition) is 1. The molecule has 22 heavy (non-hydrogen) atoms. The van der Waals surface area contributed by atoms with Gasteiger partial charge in [-0.2, -0.15) is 13.2 Å². The van der Waals surface area contributed by atoms with E-state index in [1.807, 2.05) is 4.90 Å². The summed E-state index contributed by atoms with van der Waals surface area (Å²) in [5, 5.41) is 0. The molecule has 1 aliphatic rings. The predicted octanol–water partition coefficient (Wildman–Crippen LogP) is 3.87. The Kier molecular flexibility index (Phi) is 6.96. The van der Waals surface area contributed by atoms with Gasteiger partial charge < -0.3 is 10.6 Å². The molecule has 0 radical (unpaired) electrons. The average Bonchev–Trinajstić information content (AvgIpc) is 2.44. The Hall–Kier alpha value is -0.990. The quantitative estimate of drug-likeness (QED) is 0.443. The van der Waals surface area contributed by atoms with Gasteiger partial charge in [0.05, 0.1) is 12.1 Å². The van der Waals surface area contributed by atoms with Gasteiger partial charge in [0, 0.05) is 13.1 Å². The number of piperidine rings is 1. The second kappa shape index (κ2) is 8.03. The van der Waals surface area contributed by atoms with Crippen LogP contribution in [0.25, 0.3) is 0 Å². The number of nitrogens with two attached hydrogens (primary N) is 1. The zero-order valence-corrected chi connectivity index (χ0v) is 14.8. The molecule has 3 nitrogen and oxygen atoms in total. The molecule has 7 heteroatoms. The van der Waals surface area contributed by atoms with Crippen molar-refractivity contribution < 1.29 is 13.2 Å². The number of benzene rings is 1. The summed E-state index contributed by atoms with van der Waals surface area (Å²) in [6, 6.07) is 5.03. The lowest BCUT2D eigenvalue weighted by Gasteiger charge is -2.31. The topological polar surface area (TPSA) is 41.6 Å². The van der Waals surface area contributed by atoms with Crippen LogP contribution in [0, 0.1) is 5.92 Å². The lowest BCUT2D eigenvalue weighted by molar-refractivity contribution is -0.137. The van der Waals surface area contributed by atoms with Crippen LogP contribution in [0.3, 0.4) is 0 Å². The van der Waals surface area contributed by atoms with Gasteiger partial charge in [-0.15, -0.1) is 24.0 Å². The van der Waals surface area contributed by atoms with Gasteiger partial charge in [0.15, 0.2) is 5.96 Å². The molecular weight excluding hydrogens is 406 g/mol. The normalized spacial score (nSPS) is 19.7. The molecule has 0 aliphatic carbocycles. The van der Waals surface area contributed by atoms with Gasteiger partial charge in [-0.1, -0.05) is 19.1 Å². The number of aliphatic imine (C=N–C) groups is 1. The minimum atomic E-state index is -4.30. The maximum Gasteiger partial charge on any atom is 0.416 e. The Labute approximate surface area is 145 Å². The monoisotopic (exact) mass is 427 g/mol. The van der Waals surface area contributed by atoms with Gasteiger partial charge in [-0.25, -0.2) is 4.99 Å². The number of hydrogen-bond donors (Lipinski definition) is 1. The second-order valence-electron chi connectivity index (χ2n) is 5.56. The van der Waals surface area contributed by atoms with E-state index < -0.39 is 11.7 Å². The molecule has 2 rings (SSSR count). The van der Waals surface area contributed by atoms with Crippen molar-refractivity contribution in [2.24, 2.45) is 16.6 Å². The molecule has 1 unspecified atom stereocenters. The fourth-order valence-electron chi connectivity index (χ4n) is 2.47. The SMILES string of the molecule is CC1CCCN(C(N)=NCc2ccc(C(F)(F)F)cc2)C1.I. The van der Waals surface area contributed by atoms with Crippen LogP contribution >= 0.6 is 24.0 Å². The van der Waals surface area contributed by atoms with Crippen LogP contribution in [-0.4, -0.2) is 23.9 Å². The highest BCUT2D eigenvalue weighted by Crippen LogP contribution is 2.29. The van der Waals surface area contributed by atoms with Gasteiger partial charge in [0.1, 0.15) is 0 Å². The highest BCUT2D eigenvalue weighted by Gasteiger charge is 2.29. The van der Waals surface area contributed by atoms with Gasteiger partial charge in [-0.05, 0) is 36.5 Å². The third-order valence-electron chi connectivity index (χ3n) is 3.69. The van der Waals surface area contributed by atoms with Crippen LogP contribution in [0.1, 0.15) is 30.9 Å². The molecule has 0 spiro atoms. The Balaban J connectivity index is 0.00000242. The van der Waals surface area contributed by atoms with Gasteiger partial charge >= 0.3 is 6.18 Å². The first kappa shape index (κ1) is 19.1. The molecule has 0 amide bonds. The summed E-state index contributed by atoms with van der Waals surface area (Å²) < 4.78 is 37.4. The molecule has 1 atom stereocenters. The average molecular weight is 427 g/mol. The molecule has 1 saturated heterocycles. The van der Waals surface area contributed by atoms with E-state index >= 15 is 0 Å². The van der Waals surface area contributed by atoms with Gasteiger partial charge in [0.2, 0.25) is 0 Å². The van der Waals surface area contributed by atoms with E-state index in [9.17, 15) is 13.2 Å². The molecular formula is C15H21F3IN3. The zero-order chi connectivity index (χ0) is 15.5. The first-order valence-electron chi connectivity index (χ1n) is 7.07. The van der Waals surface area contributed by atoms with Crippen molar-refractivity contribution in [3.8, 4) is 0 Å². The number of guanidine groups is 1. The first-order chi connectivity index (χ1) is 9.86. The molecule has 0 bridgehead atoms. The summed E-state index contributed by atoms with van der Waals surface area (Å²) in [6.45, 7) is 4.26. The predicted molar refractivity (Wildman–Crippen MR) is 92.2 cm³/mol. The number of halogens is 4. The molecule has 1 heterocycles. The number of alkyl halides is 3. The number of likely N-dealkylation sites (tertiary alicyclic amines) is 1. The maximum atomic E-state index is 12.5.